The Morgan fingerprint density at radius 2 is 1.91 bits per heavy atom. The zero-order valence-corrected chi connectivity index (χ0v) is 14.3. The van der Waals surface area contributed by atoms with E-state index in [1.54, 1.807) is 21.3 Å². The van der Waals surface area contributed by atoms with Crippen molar-refractivity contribution in [1.82, 2.24) is 10.3 Å². The molecule has 0 radical (unpaired) electrons. The molecule has 126 valence electrons. The van der Waals surface area contributed by atoms with Gasteiger partial charge in [-0.25, -0.2) is 0 Å². The van der Waals surface area contributed by atoms with Gasteiger partial charge in [-0.1, -0.05) is 6.92 Å². The maximum Gasteiger partial charge on any atom is 0.224 e. The summed E-state index contributed by atoms with van der Waals surface area (Å²) in [6, 6.07) is 2.00. The lowest BCUT2D eigenvalue weighted by Gasteiger charge is -2.14. The molecule has 1 aromatic carbocycles. The number of H-pyrrole nitrogens is 1. The molecule has 1 aromatic heterocycles. The summed E-state index contributed by atoms with van der Waals surface area (Å²) in [7, 11) is 4.72. The molecule has 0 aliphatic carbocycles. The van der Waals surface area contributed by atoms with Crippen molar-refractivity contribution in [3.63, 3.8) is 0 Å². The number of rotatable bonds is 7. The lowest BCUT2D eigenvalue weighted by atomic mass is 10.1. The van der Waals surface area contributed by atoms with Crippen LogP contribution in [0.15, 0.2) is 12.3 Å². The third-order valence-electron chi connectivity index (χ3n) is 3.92. The smallest absolute Gasteiger partial charge is 0.224 e. The van der Waals surface area contributed by atoms with Gasteiger partial charge in [0.2, 0.25) is 11.7 Å². The first kappa shape index (κ1) is 17.0. The molecule has 0 fully saturated rings. The summed E-state index contributed by atoms with van der Waals surface area (Å²) in [6.07, 6.45) is 2.99. The van der Waals surface area contributed by atoms with Crippen molar-refractivity contribution in [2.24, 2.45) is 0 Å². The Kier molecular flexibility index (Phi) is 5.36. The second-order valence-corrected chi connectivity index (χ2v) is 5.44. The van der Waals surface area contributed by atoms with Gasteiger partial charge in [0, 0.05) is 23.7 Å². The Morgan fingerprint density at radius 1 is 1.22 bits per heavy atom. The van der Waals surface area contributed by atoms with E-state index in [1.807, 2.05) is 26.1 Å². The maximum atomic E-state index is 12.2. The van der Waals surface area contributed by atoms with Crippen molar-refractivity contribution >= 4 is 16.8 Å². The number of aromatic amines is 1. The number of methoxy groups -OCH3 is 3. The van der Waals surface area contributed by atoms with E-state index in [1.165, 1.54) is 0 Å². The normalized spacial score (nSPS) is 12.0. The van der Waals surface area contributed by atoms with Crippen LogP contribution in [0, 0.1) is 0 Å². The van der Waals surface area contributed by atoms with Crippen LogP contribution >= 0.6 is 0 Å². The van der Waals surface area contributed by atoms with Crippen LogP contribution in [0.1, 0.15) is 25.8 Å². The molecule has 1 atom stereocenters. The molecule has 0 aliphatic heterocycles. The molecule has 2 aromatic rings. The number of ether oxygens (including phenoxy) is 3. The second kappa shape index (κ2) is 7.26. The molecule has 0 aliphatic rings. The number of hydrogen-bond acceptors (Lipinski definition) is 4. The first-order valence-electron chi connectivity index (χ1n) is 7.63. The molecular weight excluding hydrogens is 296 g/mol. The van der Waals surface area contributed by atoms with Crippen molar-refractivity contribution in [3.8, 4) is 17.2 Å². The summed E-state index contributed by atoms with van der Waals surface area (Å²) < 4.78 is 16.3. The molecule has 23 heavy (non-hydrogen) atoms. The van der Waals surface area contributed by atoms with Crippen molar-refractivity contribution in [2.75, 3.05) is 21.3 Å². The fourth-order valence-corrected chi connectivity index (χ4v) is 2.57. The van der Waals surface area contributed by atoms with E-state index in [0.717, 1.165) is 22.9 Å². The van der Waals surface area contributed by atoms with Crippen LogP contribution in [0.25, 0.3) is 10.9 Å². The number of nitrogens with one attached hydrogen (secondary N) is 2. The zero-order chi connectivity index (χ0) is 17.0. The zero-order valence-electron chi connectivity index (χ0n) is 14.3. The number of carbonyl (C=O) groups is 1. The molecule has 6 heteroatoms. The molecule has 0 spiro atoms. The van der Waals surface area contributed by atoms with Crippen LogP contribution in [0.3, 0.4) is 0 Å². The summed E-state index contributed by atoms with van der Waals surface area (Å²) in [5, 5.41) is 3.81. The van der Waals surface area contributed by atoms with Crippen molar-refractivity contribution in [3.05, 3.63) is 17.8 Å². The van der Waals surface area contributed by atoms with E-state index in [0.29, 0.717) is 17.2 Å². The molecule has 2 rings (SSSR count). The Bertz CT molecular complexity index is 693. The number of aromatic nitrogens is 1. The summed E-state index contributed by atoms with van der Waals surface area (Å²) in [5.74, 6) is 1.64. The van der Waals surface area contributed by atoms with Gasteiger partial charge < -0.3 is 24.5 Å². The molecule has 0 saturated heterocycles. The van der Waals surface area contributed by atoms with Gasteiger partial charge in [0.15, 0.2) is 11.5 Å². The molecular formula is C17H24N2O4. The lowest BCUT2D eigenvalue weighted by molar-refractivity contribution is -0.121. The molecule has 0 bridgehead atoms. The Labute approximate surface area is 136 Å². The topological polar surface area (TPSA) is 72.6 Å². The van der Waals surface area contributed by atoms with E-state index < -0.39 is 0 Å². The highest BCUT2D eigenvalue weighted by Crippen LogP contribution is 2.44. The number of hydrogen-bond donors (Lipinski definition) is 2. The molecule has 1 amide bonds. The van der Waals surface area contributed by atoms with Gasteiger partial charge in [0.05, 0.1) is 33.3 Å². The maximum absolute atomic E-state index is 12.2. The highest BCUT2D eigenvalue weighted by atomic mass is 16.5. The van der Waals surface area contributed by atoms with Gasteiger partial charge >= 0.3 is 0 Å². The van der Waals surface area contributed by atoms with Crippen LogP contribution in [0.4, 0.5) is 0 Å². The fraction of sp³-hybridized carbons (Fsp3) is 0.471. The standard InChI is InChI=1S/C17H24N2O4/c1-6-10(2)19-14(20)7-11-9-18-12-8-13(21-3)16(22-4)17(23-5)15(11)12/h8-10,18H,6-7H2,1-5H3,(H,19,20). The van der Waals surface area contributed by atoms with Crippen LogP contribution in [-0.4, -0.2) is 38.3 Å². The summed E-state index contributed by atoms with van der Waals surface area (Å²) in [6.45, 7) is 4.03. The van der Waals surface area contributed by atoms with Crippen molar-refractivity contribution in [2.45, 2.75) is 32.7 Å². The van der Waals surface area contributed by atoms with Gasteiger partial charge in [0.1, 0.15) is 0 Å². The van der Waals surface area contributed by atoms with Gasteiger partial charge in [0.25, 0.3) is 0 Å². The molecule has 6 nitrogen and oxygen atoms in total. The third-order valence-corrected chi connectivity index (χ3v) is 3.92. The SMILES string of the molecule is CCC(C)NC(=O)Cc1c[nH]c2cc(OC)c(OC)c(OC)c12. The average Bonchev–Trinajstić information content (AvgIpc) is 2.94. The van der Waals surface area contributed by atoms with Crippen LogP contribution in [0.5, 0.6) is 17.2 Å². The largest absolute Gasteiger partial charge is 0.493 e. The summed E-state index contributed by atoms with van der Waals surface area (Å²) in [5.41, 5.74) is 1.70. The Hall–Kier alpha value is -2.37. The van der Waals surface area contributed by atoms with E-state index in [2.05, 4.69) is 10.3 Å². The predicted octanol–water partition coefficient (Wildman–Crippen LogP) is 2.65. The van der Waals surface area contributed by atoms with Crippen LogP contribution in [0.2, 0.25) is 0 Å². The van der Waals surface area contributed by atoms with E-state index >= 15 is 0 Å². The van der Waals surface area contributed by atoms with Gasteiger partial charge in [-0.15, -0.1) is 0 Å². The minimum Gasteiger partial charge on any atom is -0.493 e. The van der Waals surface area contributed by atoms with Gasteiger partial charge in [-0.2, -0.15) is 0 Å². The van der Waals surface area contributed by atoms with E-state index in [-0.39, 0.29) is 18.4 Å². The predicted molar refractivity (Wildman–Crippen MR) is 89.6 cm³/mol. The number of benzene rings is 1. The highest BCUT2D eigenvalue weighted by Gasteiger charge is 2.21. The summed E-state index contributed by atoms with van der Waals surface area (Å²) in [4.78, 5) is 15.3. The first-order valence-corrected chi connectivity index (χ1v) is 7.63. The minimum absolute atomic E-state index is 0.0166. The van der Waals surface area contributed by atoms with Crippen LogP contribution < -0.4 is 19.5 Å². The summed E-state index contributed by atoms with van der Waals surface area (Å²) >= 11 is 0. The molecule has 2 N–H and O–H groups in total. The number of amides is 1. The number of carbonyl (C=O) groups excluding carboxylic acids is 1. The van der Waals surface area contributed by atoms with E-state index in [4.69, 9.17) is 14.2 Å². The molecule has 1 heterocycles. The first-order chi connectivity index (χ1) is 11.0. The van der Waals surface area contributed by atoms with Crippen molar-refractivity contribution < 1.29 is 19.0 Å². The van der Waals surface area contributed by atoms with Crippen LogP contribution in [-0.2, 0) is 11.2 Å². The lowest BCUT2D eigenvalue weighted by Crippen LogP contribution is -2.33. The number of fused-ring (bicyclic) bond motifs is 1. The minimum atomic E-state index is -0.0166. The highest BCUT2D eigenvalue weighted by molar-refractivity contribution is 5.96. The Balaban J connectivity index is 2.44. The third kappa shape index (κ3) is 3.36. The average molecular weight is 320 g/mol. The van der Waals surface area contributed by atoms with Gasteiger partial charge in [-0.05, 0) is 18.9 Å². The van der Waals surface area contributed by atoms with E-state index in [9.17, 15) is 4.79 Å². The van der Waals surface area contributed by atoms with Crippen molar-refractivity contribution in [1.29, 1.82) is 0 Å². The fourth-order valence-electron chi connectivity index (χ4n) is 2.57. The van der Waals surface area contributed by atoms with Gasteiger partial charge in [-0.3, -0.25) is 4.79 Å². The quantitative estimate of drug-likeness (QED) is 0.822. The molecule has 0 saturated carbocycles. The monoisotopic (exact) mass is 320 g/mol. The second-order valence-electron chi connectivity index (χ2n) is 5.44. The Morgan fingerprint density at radius 3 is 2.48 bits per heavy atom. The molecule has 1 unspecified atom stereocenters.